The minimum atomic E-state index is -0.176. The second kappa shape index (κ2) is 6.43. The molecular weight excluding hydrogens is 376 g/mol. The van der Waals surface area contributed by atoms with Crippen LogP contribution in [0.2, 0.25) is 0 Å². The molecule has 1 nitrogen and oxygen atoms in total. The van der Waals surface area contributed by atoms with E-state index in [0.29, 0.717) is 21.7 Å². The summed E-state index contributed by atoms with van der Waals surface area (Å²) in [6.45, 7) is 20.4. The number of allylic oxidation sites excluding steroid dienone is 1. The van der Waals surface area contributed by atoms with Crippen LogP contribution in [0.3, 0.4) is 0 Å². The Morgan fingerprint density at radius 1 is 0.710 bits per heavy atom. The van der Waals surface area contributed by atoms with E-state index < -0.39 is 0 Å². The molecule has 176 valence electrons. The zero-order valence-electron chi connectivity index (χ0n) is 21.9. The lowest BCUT2D eigenvalue weighted by molar-refractivity contribution is -0.202. The van der Waals surface area contributed by atoms with Gasteiger partial charge in [0.15, 0.2) is 0 Å². The molecule has 1 N–H and O–H groups in total. The Morgan fingerprint density at radius 2 is 1.39 bits per heavy atom. The third-order valence-corrected chi connectivity index (χ3v) is 12.7. The Kier molecular flexibility index (Phi) is 4.66. The Hall–Kier alpha value is -0.300. The SMILES string of the molecule is CC1(C)CC[C@]2(C)CC[C@@H]3[C@]4(C)CC=C5C(C)(C)[C@@H](O)CC[C@]5(C)[C@H]4CC[C@@]3(C)[C@@H]2C1. The fraction of sp³-hybridized carbons (Fsp3) is 0.933. The molecule has 5 aliphatic rings. The molecule has 8 atom stereocenters. The van der Waals surface area contributed by atoms with Crippen molar-refractivity contribution >= 4 is 0 Å². The van der Waals surface area contributed by atoms with Crippen LogP contribution in [-0.4, -0.2) is 11.2 Å². The van der Waals surface area contributed by atoms with Gasteiger partial charge in [-0.15, -0.1) is 0 Å². The highest BCUT2D eigenvalue weighted by molar-refractivity contribution is 5.33. The highest BCUT2D eigenvalue weighted by Gasteiger charge is 2.67. The second-order valence-electron chi connectivity index (χ2n) is 15.3. The van der Waals surface area contributed by atoms with Crippen LogP contribution in [0.1, 0.15) is 120 Å². The topological polar surface area (TPSA) is 20.2 Å². The van der Waals surface area contributed by atoms with Crippen molar-refractivity contribution in [2.45, 2.75) is 126 Å². The highest BCUT2D eigenvalue weighted by Crippen LogP contribution is 2.75. The van der Waals surface area contributed by atoms with Crippen LogP contribution >= 0.6 is 0 Å². The molecule has 1 heteroatoms. The van der Waals surface area contributed by atoms with Crippen LogP contribution < -0.4 is 0 Å². The summed E-state index contributed by atoms with van der Waals surface area (Å²) in [7, 11) is 0. The second-order valence-corrected chi connectivity index (χ2v) is 15.3. The van der Waals surface area contributed by atoms with Crippen LogP contribution in [-0.2, 0) is 0 Å². The lowest BCUT2D eigenvalue weighted by Gasteiger charge is -2.71. The van der Waals surface area contributed by atoms with Crippen LogP contribution in [0.5, 0.6) is 0 Å². The van der Waals surface area contributed by atoms with E-state index in [0.717, 1.165) is 24.2 Å². The largest absolute Gasteiger partial charge is 0.392 e. The lowest BCUT2D eigenvalue weighted by atomic mass is 9.34. The predicted molar refractivity (Wildman–Crippen MR) is 131 cm³/mol. The predicted octanol–water partition coefficient (Wildman–Crippen LogP) is 8.17. The van der Waals surface area contributed by atoms with Gasteiger partial charge < -0.3 is 5.11 Å². The van der Waals surface area contributed by atoms with Gasteiger partial charge in [-0.05, 0) is 109 Å². The van der Waals surface area contributed by atoms with Crippen molar-refractivity contribution in [3.8, 4) is 0 Å². The minimum Gasteiger partial charge on any atom is -0.392 e. The molecule has 0 heterocycles. The van der Waals surface area contributed by atoms with Gasteiger partial charge in [0.2, 0.25) is 0 Å². The van der Waals surface area contributed by atoms with Crippen LogP contribution in [0.4, 0.5) is 0 Å². The average molecular weight is 427 g/mol. The smallest absolute Gasteiger partial charge is 0.0628 e. The van der Waals surface area contributed by atoms with Crippen molar-refractivity contribution in [3.63, 3.8) is 0 Å². The Labute approximate surface area is 192 Å². The molecule has 0 spiro atoms. The zero-order chi connectivity index (χ0) is 22.7. The number of hydrogen-bond acceptors (Lipinski definition) is 1. The van der Waals surface area contributed by atoms with Gasteiger partial charge in [-0.2, -0.15) is 0 Å². The van der Waals surface area contributed by atoms with E-state index in [1.54, 1.807) is 5.57 Å². The van der Waals surface area contributed by atoms with Crippen molar-refractivity contribution in [1.82, 2.24) is 0 Å². The van der Waals surface area contributed by atoms with Gasteiger partial charge in [0.05, 0.1) is 6.10 Å². The summed E-state index contributed by atoms with van der Waals surface area (Å²) >= 11 is 0. The van der Waals surface area contributed by atoms with Crippen molar-refractivity contribution in [2.75, 3.05) is 0 Å². The molecule has 0 saturated heterocycles. The van der Waals surface area contributed by atoms with Crippen LogP contribution in [0.25, 0.3) is 0 Å². The van der Waals surface area contributed by atoms with Gasteiger partial charge in [0, 0.05) is 5.41 Å². The summed E-state index contributed by atoms with van der Waals surface area (Å²) in [5.41, 5.74) is 3.83. The normalized spacial score (nSPS) is 55.2. The summed E-state index contributed by atoms with van der Waals surface area (Å²) in [6.07, 6.45) is 15.9. The van der Waals surface area contributed by atoms with Crippen molar-refractivity contribution in [3.05, 3.63) is 11.6 Å². The third-order valence-electron chi connectivity index (χ3n) is 12.7. The maximum absolute atomic E-state index is 10.8. The van der Waals surface area contributed by atoms with Gasteiger partial charge in [0.1, 0.15) is 0 Å². The summed E-state index contributed by atoms with van der Waals surface area (Å²) < 4.78 is 0. The van der Waals surface area contributed by atoms with E-state index >= 15 is 0 Å². The molecule has 5 rings (SSSR count). The minimum absolute atomic E-state index is 0.0619. The molecule has 4 fully saturated rings. The molecule has 0 radical (unpaired) electrons. The third kappa shape index (κ3) is 2.83. The standard InChI is InChI=1S/C30H50O/c1-25(2)17-18-27(5)13-9-21-29(7)14-10-20-26(3,4)24(31)12-16-28(20,6)22(29)11-15-30(21,8)23(27)19-25/h10,21-24,31H,9,11-19H2,1-8H3/t21-,22-,23-,24+,27+,28+,29+,30-/m1/s1. The van der Waals surface area contributed by atoms with Gasteiger partial charge in [-0.25, -0.2) is 0 Å². The first-order chi connectivity index (χ1) is 14.2. The molecule has 0 aromatic heterocycles. The first-order valence-corrected chi connectivity index (χ1v) is 13.6. The Balaban J connectivity index is 1.56. The lowest BCUT2D eigenvalue weighted by Crippen LogP contribution is -2.63. The maximum Gasteiger partial charge on any atom is 0.0628 e. The summed E-state index contributed by atoms with van der Waals surface area (Å²) in [4.78, 5) is 0. The molecule has 0 aliphatic heterocycles. The molecule has 0 aromatic rings. The molecule has 0 bridgehead atoms. The first kappa shape index (κ1) is 22.5. The van der Waals surface area contributed by atoms with E-state index in [-0.39, 0.29) is 16.9 Å². The number of rotatable bonds is 0. The molecule has 4 saturated carbocycles. The molecule has 31 heavy (non-hydrogen) atoms. The number of hydrogen-bond donors (Lipinski definition) is 1. The van der Waals surface area contributed by atoms with Gasteiger partial charge in [0.25, 0.3) is 0 Å². The number of aliphatic hydroxyl groups excluding tert-OH is 1. The molecule has 0 unspecified atom stereocenters. The summed E-state index contributed by atoms with van der Waals surface area (Å²) in [5, 5.41) is 10.8. The Bertz CT molecular complexity index is 790. The fourth-order valence-electron chi connectivity index (χ4n) is 10.9. The summed E-state index contributed by atoms with van der Waals surface area (Å²) in [6, 6.07) is 0. The van der Waals surface area contributed by atoms with E-state index in [2.05, 4.69) is 61.5 Å². The van der Waals surface area contributed by atoms with Crippen molar-refractivity contribution < 1.29 is 5.11 Å². The van der Waals surface area contributed by atoms with Gasteiger partial charge in [-0.1, -0.05) is 67.0 Å². The zero-order valence-corrected chi connectivity index (χ0v) is 21.9. The van der Waals surface area contributed by atoms with Gasteiger partial charge in [-0.3, -0.25) is 0 Å². The van der Waals surface area contributed by atoms with E-state index in [1.807, 2.05) is 0 Å². The Morgan fingerprint density at radius 3 is 2.10 bits per heavy atom. The number of aliphatic hydroxyl groups is 1. The molecule has 0 aromatic carbocycles. The monoisotopic (exact) mass is 426 g/mol. The first-order valence-electron chi connectivity index (χ1n) is 13.6. The highest BCUT2D eigenvalue weighted by atomic mass is 16.3. The van der Waals surface area contributed by atoms with Gasteiger partial charge >= 0.3 is 0 Å². The van der Waals surface area contributed by atoms with Crippen LogP contribution in [0, 0.1) is 50.2 Å². The molecule has 0 amide bonds. The molecular formula is C30H50O. The van der Waals surface area contributed by atoms with E-state index in [1.165, 1.54) is 57.8 Å². The number of fused-ring (bicyclic) bond motifs is 7. The maximum atomic E-state index is 10.8. The van der Waals surface area contributed by atoms with E-state index in [9.17, 15) is 5.11 Å². The van der Waals surface area contributed by atoms with Crippen molar-refractivity contribution in [2.24, 2.45) is 50.2 Å². The fourth-order valence-corrected chi connectivity index (χ4v) is 10.9. The van der Waals surface area contributed by atoms with Crippen LogP contribution in [0.15, 0.2) is 11.6 Å². The summed E-state index contributed by atoms with van der Waals surface area (Å²) in [5.74, 6) is 2.53. The quantitative estimate of drug-likeness (QED) is 0.387. The molecule has 5 aliphatic carbocycles. The van der Waals surface area contributed by atoms with Crippen molar-refractivity contribution in [1.29, 1.82) is 0 Å². The van der Waals surface area contributed by atoms with E-state index in [4.69, 9.17) is 0 Å². The average Bonchev–Trinajstić information content (AvgIpc) is 2.66.